The van der Waals surface area contributed by atoms with Crippen molar-refractivity contribution in [2.75, 3.05) is 35.5 Å². The SMILES string of the molecule is CCOC(=O)CCCCCN(c1cc(C)cc(OCCN(Cc2ccccc2)c2c(Cl)c(Cl)nc(Cl)c2Cl)c1)S(=O)(=O)c1ccccc1. The summed E-state index contributed by atoms with van der Waals surface area (Å²) in [5, 5.41) is 0.403. The fraction of sp³-hybridized carbons (Fsp3) is 0.314. The number of aromatic nitrogens is 1. The summed E-state index contributed by atoms with van der Waals surface area (Å²) in [6, 6.07) is 23.4. The minimum Gasteiger partial charge on any atom is -0.492 e. The van der Waals surface area contributed by atoms with Crippen LogP contribution >= 0.6 is 46.4 Å². The number of ether oxygens (including phenoxy) is 2. The Morgan fingerprint density at radius 1 is 0.833 bits per heavy atom. The molecule has 0 saturated carbocycles. The van der Waals surface area contributed by atoms with Crippen LogP contribution in [0, 0.1) is 6.92 Å². The van der Waals surface area contributed by atoms with Gasteiger partial charge in [-0.1, -0.05) is 101 Å². The molecular formula is C35H37Cl4N3O5S. The first-order valence-corrected chi connectivity index (χ1v) is 18.4. The third kappa shape index (κ3) is 10.2. The van der Waals surface area contributed by atoms with E-state index < -0.39 is 10.0 Å². The number of sulfonamides is 1. The van der Waals surface area contributed by atoms with Crippen molar-refractivity contribution < 1.29 is 22.7 Å². The molecule has 4 aromatic rings. The van der Waals surface area contributed by atoms with Gasteiger partial charge < -0.3 is 14.4 Å². The molecule has 0 unspecified atom stereocenters. The third-order valence-corrected chi connectivity index (χ3v) is 10.6. The maximum atomic E-state index is 13.9. The summed E-state index contributed by atoms with van der Waals surface area (Å²) < 4.78 is 40.5. The van der Waals surface area contributed by atoms with Crippen molar-refractivity contribution in [3.8, 4) is 5.75 Å². The van der Waals surface area contributed by atoms with Gasteiger partial charge in [0.25, 0.3) is 10.0 Å². The van der Waals surface area contributed by atoms with Gasteiger partial charge in [-0.05, 0) is 62.1 Å². The van der Waals surface area contributed by atoms with Crippen LogP contribution in [0.25, 0.3) is 0 Å². The van der Waals surface area contributed by atoms with Crippen LogP contribution in [0.5, 0.6) is 5.75 Å². The molecule has 0 fully saturated rings. The molecule has 0 aliphatic heterocycles. The van der Waals surface area contributed by atoms with E-state index in [1.807, 2.05) is 54.3 Å². The molecule has 1 aromatic heterocycles. The number of aryl methyl sites for hydroxylation is 1. The molecule has 0 bridgehead atoms. The largest absolute Gasteiger partial charge is 0.492 e. The zero-order valence-corrected chi connectivity index (χ0v) is 30.5. The number of unbranched alkanes of at least 4 members (excludes halogenated alkanes) is 2. The summed E-state index contributed by atoms with van der Waals surface area (Å²) >= 11 is 25.7. The van der Waals surface area contributed by atoms with Gasteiger partial charge in [0.05, 0.1) is 29.4 Å². The van der Waals surface area contributed by atoms with Crippen molar-refractivity contribution in [3.05, 3.63) is 110 Å². The van der Waals surface area contributed by atoms with Crippen molar-refractivity contribution >= 4 is 73.8 Å². The van der Waals surface area contributed by atoms with Gasteiger partial charge in [0.15, 0.2) is 10.3 Å². The second-order valence-electron chi connectivity index (χ2n) is 10.9. The topological polar surface area (TPSA) is 89.0 Å². The Morgan fingerprint density at radius 3 is 2.12 bits per heavy atom. The average molecular weight is 754 g/mol. The number of pyridine rings is 1. The van der Waals surface area contributed by atoms with Crippen LogP contribution in [0.15, 0.2) is 83.8 Å². The van der Waals surface area contributed by atoms with Gasteiger partial charge in [0.1, 0.15) is 22.4 Å². The number of carbonyl (C=O) groups is 1. The number of rotatable bonds is 17. The lowest BCUT2D eigenvalue weighted by atomic mass is 10.1. The first-order valence-electron chi connectivity index (χ1n) is 15.5. The summed E-state index contributed by atoms with van der Waals surface area (Å²) in [5.74, 6) is 0.233. The second-order valence-corrected chi connectivity index (χ2v) is 14.3. The number of nitrogens with zero attached hydrogens (tertiary/aromatic N) is 3. The van der Waals surface area contributed by atoms with Gasteiger partial charge in [0.2, 0.25) is 0 Å². The highest BCUT2D eigenvalue weighted by Gasteiger charge is 2.26. The second kappa shape index (κ2) is 18.0. The zero-order chi connectivity index (χ0) is 34.7. The van der Waals surface area contributed by atoms with Crippen LogP contribution < -0.4 is 13.9 Å². The standard InChI is InChI=1S/C35H37Cl4N3O5S/c1-3-46-30(43)17-11-6-12-18-42(48(44,45)29-15-9-5-10-16-29)27-21-25(2)22-28(23-27)47-20-19-41(24-26-13-7-4-8-14-26)33-31(36)34(38)40-35(39)32(33)37/h4-5,7-10,13-16,21-23H,3,6,11-12,17-20,24H2,1-2H3. The van der Waals surface area contributed by atoms with Gasteiger partial charge in [0, 0.05) is 25.6 Å². The normalized spacial score (nSPS) is 11.3. The molecule has 3 aromatic carbocycles. The molecule has 0 aliphatic rings. The van der Waals surface area contributed by atoms with E-state index in [0.717, 1.165) is 11.1 Å². The fourth-order valence-corrected chi connectivity index (χ4v) is 7.56. The molecule has 0 N–H and O–H groups in total. The summed E-state index contributed by atoms with van der Waals surface area (Å²) in [4.78, 5) is 17.9. The van der Waals surface area contributed by atoms with E-state index in [4.69, 9.17) is 55.9 Å². The highest BCUT2D eigenvalue weighted by molar-refractivity contribution is 7.92. The number of hydrogen-bond acceptors (Lipinski definition) is 7. The summed E-state index contributed by atoms with van der Waals surface area (Å²) in [6.07, 6.45) is 2.09. The van der Waals surface area contributed by atoms with Gasteiger partial charge in [-0.2, -0.15) is 0 Å². The Balaban J connectivity index is 1.56. The Labute approximate surface area is 302 Å². The summed E-state index contributed by atoms with van der Waals surface area (Å²) in [7, 11) is -3.90. The van der Waals surface area contributed by atoms with Crippen LogP contribution in [-0.4, -0.2) is 45.7 Å². The van der Waals surface area contributed by atoms with Crippen LogP contribution in [-0.2, 0) is 26.1 Å². The van der Waals surface area contributed by atoms with Crippen molar-refractivity contribution in [1.82, 2.24) is 4.98 Å². The maximum Gasteiger partial charge on any atom is 0.305 e. The monoisotopic (exact) mass is 751 g/mol. The van der Waals surface area contributed by atoms with E-state index >= 15 is 0 Å². The molecule has 8 nitrogen and oxygen atoms in total. The lowest BCUT2D eigenvalue weighted by Crippen LogP contribution is -2.32. The van der Waals surface area contributed by atoms with Gasteiger partial charge in [-0.3, -0.25) is 9.10 Å². The number of hydrogen-bond donors (Lipinski definition) is 0. The van der Waals surface area contributed by atoms with Gasteiger partial charge >= 0.3 is 5.97 Å². The van der Waals surface area contributed by atoms with E-state index in [2.05, 4.69) is 4.98 Å². The van der Waals surface area contributed by atoms with Crippen molar-refractivity contribution in [3.63, 3.8) is 0 Å². The highest BCUT2D eigenvalue weighted by atomic mass is 35.5. The molecule has 1 heterocycles. The highest BCUT2D eigenvalue weighted by Crippen LogP contribution is 2.42. The minimum absolute atomic E-state index is 0.0315. The molecule has 0 amide bonds. The molecule has 13 heteroatoms. The predicted molar refractivity (Wildman–Crippen MR) is 195 cm³/mol. The number of benzene rings is 3. The molecule has 4 rings (SSSR count). The van der Waals surface area contributed by atoms with Crippen molar-refractivity contribution in [1.29, 1.82) is 0 Å². The Hall–Kier alpha value is -3.21. The zero-order valence-electron chi connectivity index (χ0n) is 26.7. The molecule has 0 saturated heterocycles. The van der Waals surface area contributed by atoms with Crippen LogP contribution in [0.1, 0.15) is 43.7 Å². The van der Waals surface area contributed by atoms with E-state index in [1.54, 1.807) is 43.3 Å². The number of carbonyl (C=O) groups excluding carboxylic acids is 1. The molecule has 0 aliphatic carbocycles. The quantitative estimate of drug-likeness (QED) is 0.0603. The van der Waals surface area contributed by atoms with Crippen molar-refractivity contribution in [2.45, 2.75) is 51.0 Å². The average Bonchev–Trinajstić information content (AvgIpc) is 3.06. The molecule has 0 atom stereocenters. The van der Waals surface area contributed by atoms with Crippen LogP contribution in [0.4, 0.5) is 11.4 Å². The predicted octanol–water partition coefficient (Wildman–Crippen LogP) is 9.41. The Morgan fingerprint density at radius 2 is 1.48 bits per heavy atom. The molecule has 0 spiro atoms. The van der Waals surface area contributed by atoms with Crippen LogP contribution in [0.2, 0.25) is 20.4 Å². The summed E-state index contributed by atoms with van der Waals surface area (Å²) in [5.41, 5.74) is 2.72. The van der Waals surface area contributed by atoms with E-state index in [1.165, 1.54) is 4.31 Å². The lowest BCUT2D eigenvalue weighted by Gasteiger charge is -2.28. The number of halogens is 4. The third-order valence-electron chi connectivity index (χ3n) is 7.34. The van der Waals surface area contributed by atoms with Gasteiger partial charge in [-0.15, -0.1) is 0 Å². The van der Waals surface area contributed by atoms with Gasteiger partial charge in [-0.25, -0.2) is 13.4 Å². The maximum absolute atomic E-state index is 13.9. The molecule has 0 radical (unpaired) electrons. The smallest absolute Gasteiger partial charge is 0.305 e. The Kier molecular flexibility index (Phi) is 14.1. The fourth-order valence-electron chi connectivity index (χ4n) is 5.10. The molecule has 48 heavy (non-hydrogen) atoms. The minimum atomic E-state index is -3.90. The van der Waals surface area contributed by atoms with E-state index in [9.17, 15) is 13.2 Å². The molecule has 256 valence electrons. The summed E-state index contributed by atoms with van der Waals surface area (Å²) in [6.45, 7) is 5.15. The van der Waals surface area contributed by atoms with E-state index in [0.29, 0.717) is 56.1 Å². The van der Waals surface area contributed by atoms with Crippen molar-refractivity contribution in [2.24, 2.45) is 0 Å². The number of anilines is 2. The Bertz CT molecular complexity index is 1750. The van der Waals surface area contributed by atoms with E-state index in [-0.39, 0.29) is 50.8 Å². The number of esters is 1. The van der Waals surface area contributed by atoms with Crippen LogP contribution in [0.3, 0.4) is 0 Å². The molecular weight excluding hydrogens is 716 g/mol. The first kappa shape index (κ1) is 37.6. The first-order chi connectivity index (χ1) is 23.0. The lowest BCUT2D eigenvalue weighted by molar-refractivity contribution is -0.143.